The van der Waals surface area contributed by atoms with Crippen LogP contribution in [0.15, 0.2) is 36.4 Å². The summed E-state index contributed by atoms with van der Waals surface area (Å²) in [6.07, 6.45) is 0. The number of carbonyl (C=O) groups is 1. The highest BCUT2D eigenvalue weighted by molar-refractivity contribution is 6.35. The lowest BCUT2D eigenvalue weighted by Gasteiger charge is -2.10. The van der Waals surface area contributed by atoms with E-state index in [1.807, 2.05) is 0 Å². The lowest BCUT2D eigenvalue weighted by atomic mass is 9.99. The lowest BCUT2D eigenvalue weighted by molar-refractivity contribution is 0.103. The smallest absolute Gasteiger partial charge is 0.196 e. The van der Waals surface area contributed by atoms with Crippen LogP contribution < -0.4 is 11.5 Å². The number of hydrogen-bond acceptors (Lipinski definition) is 3. The highest BCUT2D eigenvalue weighted by Crippen LogP contribution is 2.27. The first-order chi connectivity index (χ1) is 9.04. The number of hydrogen-bond donors (Lipinski definition) is 2. The fourth-order valence-corrected chi connectivity index (χ4v) is 2.25. The van der Waals surface area contributed by atoms with Crippen molar-refractivity contribution in [2.24, 2.45) is 5.73 Å². The number of rotatable bonds is 3. The van der Waals surface area contributed by atoms with E-state index in [0.717, 1.165) is 0 Å². The third-order valence-electron chi connectivity index (χ3n) is 2.80. The average Bonchev–Trinajstić information content (AvgIpc) is 2.39. The Morgan fingerprint density at radius 2 is 1.74 bits per heavy atom. The largest absolute Gasteiger partial charge is 0.398 e. The fourth-order valence-electron chi connectivity index (χ4n) is 1.78. The van der Waals surface area contributed by atoms with Gasteiger partial charge in [-0.15, -0.1) is 0 Å². The summed E-state index contributed by atoms with van der Waals surface area (Å²) < 4.78 is 0. The maximum atomic E-state index is 12.4. The summed E-state index contributed by atoms with van der Waals surface area (Å²) in [5, 5.41) is 0.840. The van der Waals surface area contributed by atoms with Crippen LogP contribution in [0.3, 0.4) is 0 Å². The summed E-state index contributed by atoms with van der Waals surface area (Å²) in [6, 6.07) is 9.97. The molecule has 0 bridgehead atoms. The summed E-state index contributed by atoms with van der Waals surface area (Å²) in [7, 11) is 0. The van der Waals surface area contributed by atoms with Crippen LogP contribution in [0.5, 0.6) is 0 Å². The van der Waals surface area contributed by atoms with Crippen molar-refractivity contribution >= 4 is 34.7 Å². The molecular formula is C14H12Cl2N2O. The van der Waals surface area contributed by atoms with Crippen molar-refractivity contribution < 1.29 is 4.79 Å². The minimum Gasteiger partial charge on any atom is -0.398 e. The first kappa shape index (κ1) is 13.9. The van der Waals surface area contributed by atoms with Gasteiger partial charge < -0.3 is 11.5 Å². The molecule has 2 aromatic rings. The van der Waals surface area contributed by atoms with Crippen LogP contribution in [-0.2, 0) is 6.54 Å². The molecule has 0 radical (unpaired) electrons. The van der Waals surface area contributed by atoms with E-state index >= 15 is 0 Å². The molecule has 2 rings (SSSR count). The topological polar surface area (TPSA) is 69.1 Å². The first-order valence-electron chi connectivity index (χ1n) is 5.61. The van der Waals surface area contributed by atoms with Crippen molar-refractivity contribution in [3.05, 3.63) is 63.1 Å². The average molecular weight is 295 g/mol. The van der Waals surface area contributed by atoms with E-state index in [1.165, 1.54) is 6.07 Å². The third-order valence-corrected chi connectivity index (χ3v) is 3.48. The van der Waals surface area contributed by atoms with Gasteiger partial charge in [-0.05, 0) is 29.8 Å². The number of nitrogen functional groups attached to an aromatic ring is 1. The van der Waals surface area contributed by atoms with Gasteiger partial charge in [0.25, 0.3) is 0 Å². The Labute approximate surface area is 121 Å². The summed E-state index contributed by atoms with van der Waals surface area (Å²) in [5.41, 5.74) is 13.2. The fraction of sp³-hybridized carbons (Fsp3) is 0.0714. The Bertz CT molecular complexity index is 641. The maximum Gasteiger partial charge on any atom is 0.196 e. The molecule has 0 heterocycles. The molecule has 0 spiro atoms. The Kier molecular flexibility index (Phi) is 4.10. The first-order valence-corrected chi connectivity index (χ1v) is 6.37. The Morgan fingerprint density at radius 1 is 1.05 bits per heavy atom. The molecule has 0 amide bonds. The zero-order chi connectivity index (χ0) is 14.0. The van der Waals surface area contributed by atoms with Crippen molar-refractivity contribution in [1.29, 1.82) is 0 Å². The second-order valence-corrected chi connectivity index (χ2v) is 4.86. The van der Waals surface area contributed by atoms with E-state index in [0.29, 0.717) is 32.4 Å². The number of halogens is 2. The van der Waals surface area contributed by atoms with Gasteiger partial charge in [-0.25, -0.2) is 0 Å². The lowest BCUT2D eigenvalue weighted by Crippen LogP contribution is -2.08. The van der Waals surface area contributed by atoms with Gasteiger partial charge >= 0.3 is 0 Å². The van der Waals surface area contributed by atoms with Crippen LogP contribution in [0.25, 0.3) is 0 Å². The number of carbonyl (C=O) groups excluding carboxylic acids is 1. The van der Waals surface area contributed by atoms with Crippen LogP contribution in [0.2, 0.25) is 10.0 Å². The number of nitrogens with two attached hydrogens (primary N) is 2. The Hall–Kier alpha value is -1.55. The standard InChI is InChI=1S/C14H12Cl2N2O/c15-11-4-2-1-3-9(11)14(19)10-5-8(7-17)12(16)6-13(10)18/h1-6H,7,17-18H2. The molecular weight excluding hydrogens is 283 g/mol. The molecule has 4 N–H and O–H groups in total. The van der Waals surface area contributed by atoms with Gasteiger partial charge in [0.15, 0.2) is 5.78 Å². The highest BCUT2D eigenvalue weighted by atomic mass is 35.5. The van der Waals surface area contributed by atoms with E-state index in [1.54, 1.807) is 30.3 Å². The molecule has 0 atom stereocenters. The monoisotopic (exact) mass is 294 g/mol. The number of ketones is 1. The molecule has 3 nitrogen and oxygen atoms in total. The molecule has 98 valence electrons. The summed E-state index contributed by atoms with van der Waals surface area (Å²) in [6.45, 7) is 0.238. The van der Waals surface area contributed by atoms with Crippen molar-refractivity contribution in [3.63, 3.8) is 0 Å². The van der Waals surface area contributed by atoms with Crippen molar-refractivity contribution in [3.8, 4) is 0 Å². The van der Waals surface area contributed by atoms with Gasteiger partial charge in [0.05, 0.1) is 5.02 Å². The second-order valence-electron chi connectivity index (χ2n) is 4.04. The van der Waals surface area contributed by atoms with E-state index in [9.17, 15) is 4.79 Å². The van der Waals surface area contributed by atoms with Crippen LogP contribution in [-0.4, -0.2) is 5.78 Å². The van der Waals surface area contributed by atoms with E-state index in [2.05, 4.69) is 0 Å². The highest BCUT2D eigenvalue weighted by Gasteiger charge is 2.17. The van der Waals surface area contributed by atoms with Crippen LogP contribution in [0, 0.1) is 0 Å². The van der Waals surface area contributed by atoms with Crippen molar-refractivity contribution in [2.45, 2.75) is 6.54 Å². The van der Waals surface area contributed by atoms with Gasteiger partial charge in [0.2, 0.25) is 0 Å². The molecule has 0 saturated carbocycles. The van der Waals surface area contributed by atoms with E-state index in [4.69, 9.17) is 34.7 Å². The molecule has 2 aromatic carbocycles. The van der Waals surface area contributed by atoms with Gasteiger partial charge in [-0.2, -0.15) is 0 Å². The van der Waals surface area contributed by atoms with Gasteiger partial charge in [0, 0.05) is 28.4 Å². The van der Waals surface area contributed by atoms with E-state index < -0.39 is 0 Å². The summed E-state index contributed by atoms with van der Waals surface area (Å²) in [4.78, 5) is 12.4. The quantitative estimate of drug-likeness (QED) is 0.674. The molecule has 0 aliphatic heterocycles. The summed E-state index contributed by atoms with van der Waals surface area (Å²) >= 11 is 12.0. The molecule has 0 aliphatic rings. The molecule has 0 saturated heterocycles. The number of anilines is 1. The van der Waals surface area contributed by atoms with Gasteiger partial charge in [0.1, 0.15) is 0 Å². The minimum atomic E-state index is -0.241. The molecule has 0 unspecified atom stereocenters. The van der Waals surface area contributed by atoms with Crippen LogP contribution >= 0.6 is 23.2 Å². The maximum absolute atomic E-state index is 12.4. The van der Waals surface area contributed by atoms with Gasteiger partial charge in [-0.1, -0.05) is 35.3 Å². The Balaban J connectivity index is 2.53. The molecule has 0 aromatic heterocycles. The second kappa shape index (κ2) is 5.61. The van der Waals surface area contributed by atoms with Crippen molar-refractivity contribution in [2.75, 3.05) is 5.73 Å². The zero-order valence-electron chi connectivity index (χ0n) is 9.99. The van der Waals surface area contributed by atoms with Crippen LogP contribution in [0.1, 0.15) is 21.5 Å². The third kappa shape index (κ3) is 2.73. The minimum absolute atomic E-state index is 0.238. The predicted octanol–water partition coefficient (Wildman–Crippen LogP) is 3.27. The van der Waals surface area contributed by atoms with Gasteiger partial charge in [-0.3, -0.25) is 4.79 Å². The zero-order valence-corrected chi connectivity index (χ0v) is 11.5. The van der Waals surface area contributed by atoms with Crippen molar-refractivity contribution in [1.82, 2.24) is 0 Å². The molecule has 19 heavy (non-hydrogen) atoms. The molecule has 0 fully saturated rings. The SMILES string of the molecule is NCc1cc(C(=O)c2ccccc2Cl)c(N)cc1Cl. The van der Waals surface area contributed by atoms with Crippen LogP contribution in [0.4, 0.5) is 5.69 Å². The van der Waals surface area contributed by atoms with E-state index in [-0.39, 0.29) is 12.3 Å². The predicted molar refractivity (Wildman–Crippen MR) is 78.6 cm³/mol. The number of benzene rings is 2. The molecule has 5 heteroatoms. The summed E-state index contributed by atoms with van der Waals surface area (Å²) in [5.74, 6) is -0.241. The Morgan fingerprint density at radius 3 is 2.37 bits per heavy atom. The normalized spacial score (nSPS) is 10.5. The molecule has 0 aliphatic carbocycles.